The second-order valence-electron chi connectivity index (χ2n) is 8.34. The van der Waals surface area contributed by atoms with Crippen molar-refractivity contribution in [2.45, 2.75) is 64.8 Å². The molecule has 2 N–H and O–H groups in total. The third-order valence-corrected chi connectivity index (χ3v) is 7.13. The molecule has 0 spiro atoms. The molecule has 0 aromatic carbocycles. The molecule has 2 saturated carbocycles. The van der Waals surface area contributed by atoms with Crippen LogP contribution >= 0.6 is 0 Å². The zero-order chi connectivity index (χ0) is 15.4. The number of fused-ring (bicyclic) bond motifs is 3. The molecule has 0 saturated heterocycles. The van der Waals surface area contributed by atoms with Crippen LogP contribution in [0.4, 0.5) is 0 Å². The average Bonchev–Trinajstić information content (AvgIpc) is 2.42. The van der Waals surface area contributed by atoms with E-state index >= 15 is 0 Å². The van der Waals surface area contributed by atoms with Crippen LogP contribution in [0.5, 0.6) is 0 Å². The molecular formula is C20H31N. The summed E-state index contributed by atoms with van der Waals surface area (Å²) in [7, 11) is 0. The Morgan fingerprint density at radius 2 is 1.95 bits per heavy atom. The average molecular weight is 285 g/mol. The molecule has 3 aliphatic rings. The minimum absolute atomic E-state index is 0.155. The van der Waals surface area contributed by atoms with Gasteiger partial charge in [0.1, 0.15) is 0 Å². The highest BCUT2D eigenvalue weighted by Gasteiger charge is 2.55. The fourth-order valence-electron chi connectivity index (χ4n) is 5.64. The van der Waals surface area contributed by atoms with Gasteiger partial charge in [0, 0.05) is 5.54 Å². The zero-order valence-electron chi connectivity index (χ0n) is 14.0. The van der Waals surface area contributed by atoms with Crippen LogP contribution in [-0.4, -0.2) is 5.54 Å². The van der Waals surface area contributed by atoms with E-state index in [0.717, 1.165) is 24.2 Å². The van der Waals surface area contributed by atoms with Gasteiger partial charge in [-0.15, -0.1) is 0 Å². The van der Waals surface area contributed by atoms with Gasteiger partial charge in [-0.3, -0.25) is 0 Å². The van der Waals surface area contributed by atoms with Crippen molar-refractivity contribution in [1.82, 2.24) is 0 Å². The predicted molar refractivity (Wildman–Crippen MR) is 90.9 cm³/mol. The fourth-order valence-corrected chi connectivity index (χ4v) is 5.64. The van der Waals surface area contributed by atoms with Crippen LogP contribution in [0.15, 0.2) is 36.0 Å². The maximum atomic E-state index is 6.85. The summed E-state index contributed by atoms with van der Waals surface area (Å²) in [5.41, 5.74) is 11.0. The minimum atomic E-state index is -0.187. The number of hydrogen-bond donors (Lipinski definition) is 1. The highest BCUT2D eigenvalue weighted by molar-refractivity contribution is 5.31. The molecule has 0 aromatic heterocycles. The fraction of sp³-hybridized carbons (Fsp3) is 0.700. The highest BCUT2D eigenvalue weighted by atomic mass is 14.8. The van der Waals surface area contributed by atoms with Gasteiger partial charge in [0.25, 0.3) is 0 Å². The van der Waals surface area contributed by atoms with Crippen molar-refractivity contribution in [2.24, 2.45) is 28.9 Å². The van der Waals surface area contributed by atoms with Crippen LogP contribution in [0, 0.1) is 23.2 Å². The van der Waals surface area contributed by atoms with Gasteiger partial charge in [-0.05, 0) is 68.6 Å². The van der Waals surface area contributed by atoms with Gasteiger partial charge in [0.2, 0.25) is 0 Å². The van der Waals surface area contributed by atoms with E-state index in [1.54, 1.807) is 5.57 Å². The molecule has 0 radical (unpaired) electrons. The van der Waals surface area contributed by atoms with E-state index < -0.39 is 0 Å². The molecule has 0 bridgehead atoms. The molecule has 0 aromatic rings. The Bertz CT molecular complexity index is 510. The Hall–Kier alpha value is -0.820. The third kappa shape index (κ3) is 2.08. The normalized spacial score (nSPS) is 41.8. The molecule has 1 heteroatoms. The van der Waals surface area contributed by atoms with E-state index in [4.69, 9.17) is 5.73 Å². The first-order chi connectivity index (χ1) is 9.77. The number of nitrogens with two attached hydrogens (primary N) is 1. The Labute approximate surface area is 130 Å². The molecular weight excluding hydrogens is 254 g/mol. The summed E-state index contributed by atoms with van der Waals surface area (Å²) in [6.07, 6.45) is 9.81. The van der Waals surface area contributed by atoms with Crippen LogP contribution in [0.2, 0.25) is 0 Å². The standard InChI is InChI=1S/C20H31N/c1-13(2)20(21)11-10-17-16-8-6-14(3)12-15(16)7-9-18(17)19(20,4)5/h12,16-18H,1,3,6-11,21H2,2,4-5H3. The van der Waals surface area contributed by atoms with E-state index in [2.05, 4.69) is 40.0 Å². The van der Waals surface area contributed by atoms with Gasteiger partial charge in [-0.1, -0.05) is 49.8 Å². The first-order valence-corrected chi connectivity index (χ1v) is 8.60. The summed E-state index contributed by atoms with van der Waals surface area (Å²) >= 11 is 0. The topological polar surface area (TPSA) is 26.0 Å². The summed E-state index contributed by atoms with van der Waals surface area (Å²) in [4.78, 5) is 0. The first kappa shape index (κ1) is 15.1. The number of allylic oxidation sites excluding steroid dienone is 3. The quantitative estimate of drug-likeness (QED) is 0.674. The Morgan fingerprint density at radius 1 is 1.24 bits per heavy atom. The Kier molecular flexibility index (Phi) is 3.48. The molecule has 0 aliphatic heterocycles. The van der Waals surface area contributed by atoms with E-state index in [1.807, 2.05) is 0 Å². The lowest BCUT2D eigenvalue weighted by Gasteiger charge is -2.60. The first-order valence-electron chi connectivity index (χ1n) is 8.60. The van der Waals surface area contributed by atoms with Crippen LogP contribution < -0.4 is 5.73 Å². The molecule has 3 aliphatic carbocycles. The van der Waals surface area contributed by atoms with E-state index in [-0.39, 0.29) is 11.0 Å². The maximum absolute atomic E-state index is 6.85. The molecule has 0 heterocycles. The van der Waals surface area contributed by atoms with Crippen molar-refractivity contribution in [2.75, 3.05) is 0 Å². The van der Waals surface area contributed by atoms with Crippen molar-refractivity contribution >= 4 is 0 Å². The zero-order valence-corrected chi connectivity index (χ0v) is 14.0. The largest absolute Gasteiger partial charge is 0.321 e. The number of rotatable bonds is 1. The maximum Gasteiger partial charge on any atom is 0.0418 e. The third-order valence-electron chi connectivity index (χ3n) is 7.13. The van der Waals surface area contributed by atoms with Crippen LogP contribution in [0.25, 0.3) is 0 Å². The van der Waals surface area contributed by atoms with E-state index in [9.17, 15) is 0 Å². The van der Waals surface area contributed by atoms with Gasteiger partial charge in [-0.25, -0.2) is 0 Å². The summed E-state index contributed by atoms with van der Waals surface area (Å²) < 4.78 is 0. The molecule has 21 heavy (non-hydrogen) atoms. The van der Waals surface area contributed by atoms with Crippen molar-refractivity contribution in [1.29, 1.82) is 0 Å². The second kappa shape index (κ2) is 4.84. The molecule has 1 nitrogen and oxygen atoms in total. The van der Waals surface area contributed by atoms with E-state index in [1.165, 1.54) is 43.3 Å². The SMILES string of the molecule is C=C1C=C2CCC3C(CCC(N)(C(=C)C)C3(C)C)C2CC1. The van der Waals surface area contributed by atoms with Gasteiger partial charge >= 0.3 is 0 Å². The van der Waals surface area contributed by atoms with Gasteiger partial charge in [0.15, 0.2) is 0 Å². The molecule has 0 amide bonds. The highest BCUT2D eigenvalue weighted by Crippen LogP contribution is 2.59. The van der Waals surface area contributed by atoms with Crippen LogP contribution in [0.1, 0.15) is 59.3 Å². The minimum Gasteiger partial charge on any atom is -0.321 e. The Balaban J connectivity index is 1.94. The summed E-state index contributed by atoms with van der Waals surface area (Å²) in [5, 5.41) is 0. The second-order valence-corrected chi connectivity index (χ2v) is 8.34. The summed E-state index contributed by atoms with van der Waals surface area (Å²) in [5.74, 6) is 2.36. The van der Waals surface area contributed by atoms with Crippen molar-refractivity contribution in [3.63, 3.8) is 0 Å². The van der Waals surface area contributed by atoms with Crippen molar-refractivity contribution < 1.29 is 0 Å². The molecule has 4 unspecified atom stereocenters. The summed E-state index contributed by atoms with van der Waals surface area (Å²) in [6, 6.07) is 0. The van der Waals surface area contributed by atoms with Crippen LogP contribution in [-0.2, 0) is 0 Å². The molecule has 4 atom stereocenters. The molecule has 116 valence electrons. The van der Waals surface area contributed by atoms with Gasteiger partial charge in [-0.2, -0.15) is 0 Å². The lowest BCUT2D eigenvalue weighted by molar-refractivity contribution is -0.0283. The molecule has 3 rings (SSSR count). The predicted octanol–water partition coefficient (Wildman–Crippen LogP) is 5.00. The monoisotopic (exact) mass is 285 g/mol. The van der Waals surface area contributed by atoms with Gasteiger partial charge in [0.05, 0.1) is 0 Å². The number of hydrogen-bond acceptors (Lipinski definition) is 1. The lowest BCUT2D eigenvalue weighted by atomic mass is 9.47. The van der Waals surface area contributed by atoms with Crippen molar-refractivity contribution in [3.8, 4) is 0 Å². The molecule has 2 fully saturated rings. The Morgan fingerprint density at radius 3 is 2.62 bits per heavy atom. The smallest absolute Gasteiger partial charge is 0.0418 e. The lowest BCUT2D eigenvalue weighted by Crippen LogP contribution is -2.62. The van der Waals surface area contributed by atoms with E-state index in [0.29, 0.717) is 0 Å². The van der Waals surface area contributed by atoms with Crippen LogP contribution in [0.3, 0.4) is 0 Å². The van der Waals surface area contributed by atoms with Crippen molar-refractivity contribution in [3.05, 3.63) is 36.0 Å². The summed E-state index contributed by atoms with van der Waals surface area (Å²) in [6.45, 7) is 15.3. The van der Waals surface area contributed by atoms with Gasteiger partial charge < -0.3 is 5.73 Å².